The molecule has 6 aromatic rings. The van der Waals surface area contributed by atoms with Crippen molar-refractivity contribution in [3.05, 3.63) is 94.9 Å². The number of pyridine rings is 2. The molecule has 194 valence electrons. The van der Waals surface area contributed by atoms with E-state index in [4.69, 9.17) is 15.8 Å². The summed E-state index contributed by atoms with van der Waals surface area (Å²) in [6.45, 7) is 1.80. The van der Waals surface area contributed by atoms with Gasteiger partial charge in [-0.1, -0.05) is 12.1 Å². The Bertz CT molecular complexity index is 1940. The Hall–Kier alpha value is -4.71. The number of nitrogens with two attached hydrogens (primary N) is 1. The highest BCUT2D eigenvalue weighted by Crippen LogP contribution is 2.35. The first-order valence-electron chi connectivity index (χ1n) is 11.8. The molecule has 39 heavy (non-hydrogen) atoms. The van der Waals surface area contributed by atoms with Crippen LogP contribution in [0.3, 0.4) is 0 Å². The van der Waals surface area contributed by atoms with Gasteiger partial charge in [0.05, 0.1) is 27.7 Å². The van der Waals surface area contributed by atoms with Crippen molar-refractivity contribution in [2.75, 3.05) is 12.0 Å². The zero-order chi connectivity index (χ0) is 27.3. The number of anilines is 1. The SMILES string of the molecule is CSc1ccc(-c2nn([C@H](C)c3nc4ccc(F)cn4c(=O)c3-c3cccc(F)c3)c3ncnc(N)c23)cn1. The van der Waals surface area contributed by atoms with Crippen LogP contribution in [0.4, 0.5) is 14.6 Å². The van der Waals surface area contributed by atoms with Crippen LogP contribution in [0.15, 0.2) is 77.1 Å². The second-order valence-electron chi connectivity index (χ2n) is 8.78. The highest BCUT2D eigenvalue weighted by atomic mass is 32.2. The lowest BCUT2D eigenvalue weighted by molar-refractivity contribution is 0.566. The van der Waals surface area contributed by atoms with Crippen molar-refractivity contribution in [1.29, 1.82) is 0 Å². The third-order valence-electron chi connectivity index (χ3n) is 6.43. The van der Waals surface area contributed by atoms with E-state index in [0.29, 0.717) is 33.5 Å². The summed E-state index contributed by atoms with van der Waals surface area (Å²) in [5, 5.41) is 6.20. The smallest absolute Gasteiger partial charge is 0.266 e. The molecule has 5 heterocycles. The lowest BCUT2D eigenvalue weighted by Gasteiger charge is -2.18. The number of hydrogen-bond acceptors (Lipinski definition) is 8. The number of halogens is 2. The van der Waals surface area contributed by atoms with Crippen molar-refractivity contribution in [3.8, 4) is 22.4 Å². The Labute approximate surface area is 224 Å². The van der Waals surface area contributed by atoms with Gasteiger partial charge in [-0.25, -0.2) is 33.4 Å². The molecule has 0 spiro atoms. The van der Waals surface area contributed by atoms with Crippen LogP contribution >= 0.6 is 11.8 Å². The van der Waals surface area contributed by atoms with E-state index in [9.17, 15) is 13.6 Å². The lowest BCUT2D eigenvalue weighted by Crippen LogP contribution is -2.23. The molecule has 0 saturated heterocycles. The van der Waals surface area contributed by atoms with Gasteiger partial charge in [-0.3, -0.25) is 9.20 Å². The molecule has 6 rings (SSSR count). The fourth-order valence-corrected chi connectivity index (χ4v) is 4.93. The van der Waals surface area contributed by atoms with Crippen LogP contribution in [0.25, 0.3) is 39.1 Å². The molecule has 9 nitrogen and oxygen atoms in total. The van der Waals surface area contributed by atoms with E-state index in [-0.39, 0.29) is 17.0 Å². The molecule has 5 aromatic heterocycles. The maximum atomic E-state index is 14.3. The van der Waals surface area contributed by atoms with E-state index < -0.39 is 23.2 Å². The molecule has 0 aliphatic rings. The standard InChI is InChI=1S/C27H20F2N8OS/c1-14(37-26-22(25(30)32-13-33-26)24(35-37)16-6-9-20(39-2)31-11-16)23-21(15-4-3-5-17(28)10-15)27(38)36-12-18(29)7-8-19(36)34-23/h3-14H,1-2H3,(H2,30,32,33)/t14-/m1/s1. The molecule has 0 aliphatic heterocycles. The average molecular weight is 543 g/mol. The summed E-state index contributed by atoms with van der Waals surface area (Å²) in [5.74, 6) is -0.897. The third-order valence-corrected chi connectivity index (χ3v) is 7.09. The predicted octanol–water partition coefficient (Wildman–Crippen LogP) is 4.75. The molecule has 0 fully saturated rings. The van der Waals surface area contributed by atoms with Gasteiger partial charge < -0.3 is 5.73 Å². The van der Waals surface area contributed by atoms with Crippen molar-refractivity contribution in [2.45, 2.75) is 18.0 Å². The fourth-order valence-electron chi connectivity index (χ4n) is 4.57. The zero-order valence-electron chi connectivity index (χ0n) is 20.7. The molecule has 1 atom stereocenters. The first-order valence-corrected chi connectivity index (χ1v) is 13.0. The first kappa shape index (κ1) is 24.6. The lowest BCUT2D eigenvalue weighted by atomic mass is 10.0. The molecule has 12 heteroatoms. The Kier molecular flexibility index (Phi) is 6.03. The summed E-state index contributed by atoms with van der Waals surface area (Å²) < 4.78 is 31.1. The van der Waals surface area contributed by atoms with Gasteiger partial charge in [-0.05, 0) is 55.1 Å². The highest BCUT2D eigenvalue weighted by Gasteiger charge is 2.26. The van der Waals surface area contributed by atoms with Gasteiger partial charge in [-0.2, -0.15) is 5.10 Å². The van der Waals surface area contributed by atoms with Gasteiger partial charge in [0, 0.05) is 18.0 Å². The zero-order valence-corrected chi connectivity index (χ0v) is 21.5. The number of fused-ring (bicyclic) bond motifs is 2. The molecule has 2 N–H and O–H groups in total. The Morgan fingerprint density at radius 3 is 2.59 bits per heavy atom. The van der Waals surface area contributed by atoms with Gasteiger partial charge in [0.1, 0.15) is 35.1 Å². The number of thioether (sulfide) groups is 1. The topological polar surface area (TPSA) is 117 Å². The van der Waals surface area contributed by atoms with Crippen molar-refractivity contribution in [2.24, 2.45) is 0 Å². The van der Waals surface area contributed by atoms with E-state index >= 15 is 0 Å². The molecule has 0 saturated carbocycles. The maximum Gasteiger partial charge on any atom is 0.266 e. The summed E-state index contributed by atoms with van der Waals surface area (Å²) in [4.78, 5) is 31.5. The van der Waals surface area contributed by atoms with Crippen LogP contribution in [-0.2, 0) is 0 Å². The predicted molar refractivity (Wildman–Crippen MR) is 145 cm³/mol. The van der Waals surface area contributed by atoms with E-state index in [1.165, 1.54) is 48.4 Å². The summed E-state index contributed by atoms with van der Waals surface area (Å²) in [6.07, 6.45) is 6.02. The van der Waals surface area contributed by atoms with Gasteiger partial charge in [0.25, 0.3) is 5.56 Å². The van der Waals surface area contributed by atoms with Gasteiger partial charge in [0.15, 0.2) is 5.65 Å². The van der Waals surface area contributed by atoms with E-state index in [1.54, 1.807) is 23.9 Å². The second-order valence-corrected chi connectivity index (χ2v) is 9.61. The minimum absolute atomic E-state index is 0.114. The number of benzene rings is 1. The Morgan fingerprint density at radius 2 is 1.85 bits per heavy atom. The van der Waals surface area contributed by atoms with Crippen molar-refractivity contribution < 1.29 is 8.78 Å². The van der Waals surface area contributed by atoms with Crippen LogP contribution in [0.1, 0.15) is 18.7 Å². The Morgan fingerprint density at radius 1 is 1.00 bits per heavy atom. The molecular weight excluding hydrogens is 522 g/mol. The van der Waals surface area contributed by atoms with Gasteiger partial charge >= 0.3 is 0 Å². The Balaban J connectivity index is 1.63. The second kappa shape index (κ2) is 9.55. The van der Waals surface area contributed by atoms with Crippen LogP contribution in [0.2, 0.25) is 0 Å². The third kappa shape index (κ3) is 4.18. The summed E-state index contributed by atoms with van der Waals surface area (Å²) in [5.41, 5.74) is 8.32. The molecule has 0 bridgehead atoms. The summed E-state index contributed by atoms with van der Waals surface area (Å²) in [6, 6.07) is 11.3. The normalized spacial score (nSPS) is 12.3. The quantitative estimate of drug-likeness (QED) is 0.310. The number of hydrogen-bond donors (Lipinski definition) is 1. The number of nitrogens with zero attached hydrogens (tertiary/aromatic N) is 7. The summed E-state index contributed by atoms with van der Waals surface area (Å²) in [7, 11) is 0. The monoisotopic (exact) mass is 542 g/mol. The van der Waals surface area contributed by atoms with Crippen LogP contribution < -0.4 is 11.3 Å². The van der Waals surface area contributed by atoms with Crippen LogP contribution in [0, 0.1) is 11.6 Å². The largest absolute Gasteiger partial charge is 0.383 e. The van der Waals surface area contributed by atoms with Crippen LogP contribution in [0.5, 0.6) is 0 Å². The average Bonchev–Trinajstić information content (AvgIpc) is 3.34. The van der Waals surface area contributed by atoms with Gasteiger partial charge in [0.2, 0.25) is 0 Å². The molecule has 0 amide bonds. The number of nitrogen functional groups attached to an aromatic ring is 1. The van der Waals surface area contributed by atoms with Gasteiger partial charge in [-0.15, -0.1) is 11.8 Å². The van der Waals surface area contributed by atoms with Crippen molar-refractivity contribution >= 4 is 34.3 Å². The first-order chi connectivity index (χ1) is 18.9. The fraction of sp³-hybridized carbons (Fsp3) is 0.111. The molecule has 0 unspecified atom stereocenters. The molecule has 1 aromatic carbocycles. The van der Waals surface area contributed by atoms with E-state index in [1.807, 2.05) is 18.4 Å². The number of rotatable bonds is 5. The van der Waals surface area contributed by atoms with Crippen molar-refractivity contribution in [3.63, 3.8) is 0 Å². The van der Waals surface area contributed by atoms with Crippen LogP contribution in [-0.4, -0.2) is 40.4 Å². The molecule has 0 radical (unpaired) electrons. The minimum Gasteiger partial charge on any atom is -0.383 e. The highest BCUT2D eigenvalue weighted by molar-refractivity contribution is 7.98. The minimum atomic E-state index is -0.671. The van der Waals surface area contributed by atoms with Crippen molar-refractivity contribution in [1.82, 2.24) is 34.1 Å². The summed E-state index contributed by atoms with van der Waals surface area (Å²) >= 11 is 1.51. The molecular formula is C27H20F2N8OS. The van der Waals surface area contributed by atoms with E-state index in [2.05, 4.69) is 15.0 Å². The maximum absolute atomic E-state index is 14.3. The number of aromatic nitrogens is 7. The molecule has 0 aliphatic carbocycles. The van der Waals surface area contributed by atoms with E-state index in [0.717, 1.165) is 15.6 Å².